The third-order valence-electron chi connectivity index (χ3n) is 1.32. The minimum Gasteiger partial charge on any atom is -0.343 e. The Kier molecular flexibility index (Phi) is 1.47. The van der Waals surface area contributed by atoms with Gasteiger partial charge in [0, 0.05) is 0 Å². The van der Waals surface area contributed by atoms with Gasteiger partial charge in [-0.1, -0.05) is 23.2 Å². The number of nitrogens with zero attached hydrogens (tertiary/aromatic N) is 2. The number of hydrogen-bond donors (Lipinski definition) is 1. The number of fused-ring (bicyclic) bond motifs is 1. The van der Waals surface area contributed by atoms with Crippen molar-refractivity contribution in [2.75, 3.05) is 0 Å². The van der Waals surface area contributed by atoms with Crippen molar-refractivity contribution >= 4 is 34.4 Å². The maximum absolute atomic E-state index is 5.70. The molecule has 0 aliphatic heterocycles. The Labute approximate surface area is 72.4 Å². The largest absolute Gasteiger partial charge is 0.343 e. The van der Waals surface area contributed by atoms with Crippen LogP contribution in [0.4, 0.5) is 0 Å². The van der Waals surface area contributed by atoms with Gasteiger partial charge in [0.2, 0.25) is 0 Å². The Hall–Kier alpha value is -0.800. The summed E-state index contributed by atoms with van der Waals surface area (Å²) in [7, 11) is 0. The lowest BCUT2D eigenvalue weighted by atomic mass is 10.4. The van der Waals surface area contributed by atoms with E-state index < -0.39 is 0 Å². The average molecular weight is 188 g/mol. The molecular formula is C6H3Cl2N3. The number of H-pyrrole nitrogens is 1. The van der Waals surface area contributed by atoms with Gasteiger partial charge in [0.25, 0.3) is 0 Å². The van der Waals surface area contributed by atoms with E-state index in [0.29, 0.717) is 10.7 Å². The molecule has 0 aromatic carbocycles. The van der Waals surface area contributed by atoms with E-state index >= 15 is 0 Å². The molecule has 0 bridgehead atoms. The van der Waals surface area contributed by atoms with Gasteiger partial charge in [-0.25, -0.2) is 9.97 Å². The van der Waals surface area contributed by atoms with Gasteiger partial charge in [-0.2, -0.15) is 0 Å². The highest BCUT2D eigenvalue weighted by Gasteiger charge is 2.02. The second kappa shape index (κ2) is 2.36. The molecule has 0 radical (unpaired) electrons. The molecule has 1 N–H and O–H groups in total. The summed E-state index contributed by atoms with van der Waals surface area (Å²) >= 11 is 11.3. The van der Waals surface area contributed by atoms with Crippen LogP contribution in [-0.2, 0) is 0 Å². The zero-order valence-electron chi connectivity index (χ0n) is 5.31. The fourth-order valence-corrected chi connectivity index (χ4v) is 1.11. The smallest absolute Gasteiger partial charge is 0.178 e. The van der Waals surface area contributed by atoms with Crippen LogP contribution in [0.3, 0.4) is 0 Å². The van der Waals surface area contributed by atoms with Crippen molar-refractivity contribution in [1.29, 1.82) is 0 Å². The summed E-state index contributed by atoms with van der Waals surface area (Å²) in [6.07, 6.45) is 1.55. The fourth-order valence-electron chi connectivity index (χ4n) is 0.825. The quantitative estimate of drug-likeness (QED) is 0.644. The second-order valence-corrected chi connectivity index (χ2v) is 2.80. The molecule has 2 aromatic rings. The number of nitrogens with one attached hydrogen (secondary N) is 1. The van der Waals surface area contributed by atoms with E-state index in [1.165, 1.54) is 0 Å². The summed E-state index contributed by atoms with van der Waals surface area (Å²) in [5.41, 5.74) is 1.37. The Balaban J connectivity index is 2.86. The fraction of sp³-hybridized carbons (Fsp3) is 0. The molecule has 0 unspecified atom stereocenters. The van der Waals surface area contributed by atoms with Crippen molar-refractivity contribution in [2.45, 2.75) is 0 Å². The summed E-state index contributed by atoms with van der Waals surface area (Å²) in [6, 6.07) is 1.69. The molecule has 5 heteroatoms. The molecule has 0 aliphatic carbocycles. The van der Waals surface area contributed by atoms with Crippen LogP contribution < -0.4 is 0 Å². The van der Waals surface area contributed by atoms with Crippen molar-refractivity contribution in [3.8, 4) is 0 Å². The predicted octanol–water partition coefficient (Wildman–Crippen LogP) is 2.26. The van der Waals surface area contributed by atoms with E-state index in [-0.39, 0.29) is 5.15 Å². The topological polar surface area (TPSA) is 41.6 Å². The van der Waals surface area contributed by atoms with Crippen LogP contribution in [0.5, 0.6) is 0 Å². The first-order valence-corrected chi connectivity index (χ1v) is 3.68. The monoisotopic (exact) mass is 187 g/mol. The lowest BCUT2D eigenvalue weighted by Gasteiger charge is -1.92. The maximum atomic E-state index is 5.70. The van der Waals surface area contributed by atoms with Crippen molar-refractivity contribution < 1.29 is 0 Å². The van der Waals surface area contributed by atoms with Crippen LogP contribution >= 0.6 is 23.2 Å². The second-order valence-electron chi connectivity index (χ2n) is 2.03. The van der Waals surface area contributed by atoms with Crippen molar-refractivity contribution in [3.63, 3.8) is 0 Å². The maximum Gasteiger partial charge on any atom is 0.178 e. The Bertz CT molecular complexity index is 360. The predicted molar refractivity (Wildman–Crippen MR) is 43.9 cm³/mol. The first kappa shape index (κ1) is 6.88. The van der Waals surface area contributed by atoms with E-state index in [9.17, 15) is 0 Å². The molecule has 56 valence electrons. The SMILES string of the molecule is Clc1cc2[nH]cnc2nc1Cl. The molecule has 0 aliphatic rings. The first-order chi connectivity index (χ1) is 5.27. The molecule has 3 nitrogen and oxygen atoms in total. The number of aromatic amines is 1. The van der Waals surface area contributed by atoms with Crippen molar-refractivity contribution in [2.24, 2.45) is 0 Å². The van der Waals surface area contributed by atoms with Crippen LogP contribution in [0.15, 0.2) is 12.4 Å². The van der Waals surface area contributed by atoms with Crippen LogP contribution in [0.1, 0.15) is 0 Å². The molecule has 2 aromatic heterocycles. The molecule has 0 saturated heterocycles. The summed E-state index contributed by atoms with van der Waals surface area (Å²) in [5.74, 6) is 0. The highest BCUT2D eigenvalue weighted by atomic mass is 35.5. The zero-order chi connectivity index (χ0) is 7.84. The van der Waals surface area contributed by atoms with Crippen LogP contribution in [-0.4, -0.2) is 15.0 Å². The molecule has 0 atom stereocenters. The van der Waals surface area contributed by atoms with Crippen molar-refractivity contribution in [3.05, 3.63) is 22.6 Å². The lowest BCUT2D eigenvalue weighted by Crippen LogP contribution is -1.78. The summed E-state index contributed by atoms with van der Waals surface area (Å²) in [4.78, 5) is 10.7. The third kappa shape index (κ3) is 1.06. The number of hydrogen-bond acceptors (Lipinski definition) is 2. The van der Waals surface area contributed by atoms with Gasteiger partial charge in [0.1, 0.15) is 5.15 Å². The highest BCUT2D eigenvalue weighted by Crippen LogP contribution is 2.22. The zero-order valence-corrected chi connectivity index (χ0v) is 6.82. The van der Waals surface area contributed by atoms with Gasteiger partial charge in [0.15, 0.2) is 5.65 Å². The lowest BCUT2D eigenvalue weighted by molar-refractivity contribution is 1.30. The normalized spacial score (nSPS) is 10.7. The number of rotatable bonds is 0. The van der Waals surface area contributed by atoms with E-state index in [1.807, 2.05) is 0 Å². The van der Waals surface area contributed by atoms with Gasteiger partial charge >= 0.3 is 0 Å². The summed E-state index contributed by atoms with van der Waals surface area (Å²) in [6.45, 7) is 0. The molecule has 0 saturated carbocycles. The van der Waals surface area contributed by atoms with Gasteiger partial charge in [-0.15, -0.1) is 0 Å². The van der Waals surface area contributed by atoms with Crippen LogP contribution in [0, 0.1) is 0 Å². The Morgan fingerprint density at radius 2 is 2.18 bits per heavy atom. The van der Waals surface area contributed by atoms with Gasteiger partial charge in [0.05, 0.1) is 16.9 Å². The van der Waals surface area contributed by atoms with E-state index in [1.54, 1.807) is 12.4 Å². The highest BCUT2D eigenvalue weighted by molar-refractivity contribution is 6.41. The molecular weight excluding hydrogens is 185 g/mol. The van der Waals surface area contributed by atoms with Crippen LogP contribution in [0.2, 0.25) is 10.2 Å². The Morgan fingerprint density at radius 3 is 3.00 bits per heavy atom. The van der Waals surface area contributed by atoms with Gasteiger partial charge in [-0.05, 0) is 6.07 Å². The van der Waals surface area contributed by atoms with E-state index in [2.05, 4.69) is 15.0 Å². The number of aromatic nitrogens is 3. The Morgan fingerprint density at radius 1 is 1.36 bits per heavy atom. The van der Waals surface area contributed by atoms with Gasteiger partial charge < -0.3 is 4.98 Å². The molecule has 11 heavy (non-hydrogen) atoms. The molecule has 2 rings (SSSR count). The van der Waals surface area contributed by atoms with Crippen molar-refractivity contribution in [1.82, 2.24) is 15.0 Å². The molecule has 2 heterocycles. The summed E-state index contributed by atoms with van der Waals surface area (Å²) < 4.78 is 0. The number of imidazole rings is 1. The van der Waals surface area contributed by atoms with Crippen LogP contribution in [0.25, 0.3) is 11.2 Å². The molecule has 0 fully saturated rings. The molecule has 0 spiro atoms. The minimum atomic E-state index is 0.284. The number of halogens is 2. The average Bonchev–Trinajstić information content (AvgIpc) is 2.36. The van der Waals surface area contributed by atoms with Gasteiger partial charge in [-0.3, -0.25) is 0 Å². The molecule has 0 amide bonds. The standard InChI is InChI=1S/C6H3Cl2N3/c7-3-1-4-6(10-2-9-4)11-5(3)8/h1-2H,(H,9,10,11). The minimum absolute atomic E-state index is 0.284. The van der Waals surface area contributed by atoms with E-state index in [4.69, 9.17) is 23.2 Å². The number of pyridine rings is 1. The first-order valence-electron chi connectivity index (χ1n) is 2.92. The third-order valence-corrected chi connectivity index (χ3v) is 1.99. The van der Waals surface area contributed by atoms with E-state index in [0.717, 1.165) is 5.52 Å². The summed E-state index contributed by atoms with van der Waals surface area (Å²) in [5, 5.41) is 0.717.